The number of aromatic nitrogens is 2. The zero-order chi connectivity index (χ0) is 14.1. The number of fused-ring (bicyclic) bond motifs is 1. The van der Waals surface area contributed by atoms with E-state index >= 15 is 0 Å². The molecule has 2 aliphatic rings. The summed E-state index contributed by atoms with van der Waals surface area (Å²) >= 11 is 0. The maximum atomic E-state index is 4.57. The minimum absolute atomic E-state index is 0. The summed E-state index contributed by atoms with van der Waals surface area (Å²) in [4.78, 5) is 10.7. The molecule has 1 aliphatic heterocycles. The van der Waals surface area contributed by atoms with Gasteiger partial charge >= 0.3 is 0 Å². The molecule has 2 aromatic rings. The number of nitrogens with zero attached hydrogens (tertiary/aromatic N) is 2. The molecule has 22 heavy (non-hydrogen) atoms. The summed E-state index contributed by atoms with van der Waals surface area (Å²) in [6, 6.07) is 4.41. The monoisotopic (exact) mass is 317 g/mol. The molecule has 0 atom stereocenters. The van der Waals surface area contributed by atoms with Crippen LogP contribution in [0.5, 0.6) is 0 Å². The molecule has 3 heterocycles. The van der Waals surface area contributed by atoms with Crippen LogP contribution >= 0.6 is 12.4 Å². The summed E-state index contributed by atoms with van der Waals surface area (Å²) < 4.78 is 0. The van der Waals surface area contributed by atoms with Crippen LogP contribution in [0.2, 0.25) is 0 Å². The maximum Gasteiger partial charge on any atom is 0.0906 e. The highest BCUT2D eigenvalue weighted by molar-refractivity contribution is 5.91. The molecule has 1 fully saturated rings. The van der Waals surface area contributed by atoms with Crippen LogP contribution in [0.25, 0.3) is 16.6 Å². The SMILES string of the molecule is C1=C(c2cc3nccc(N4CCCCC4)c3[nH]2)CCCC1.Cl. The van der Waals surface area contributed by atoms with Crippen LogP contribution in [-0.2, 0) is 0 Å². The standard InChI is InChI=1S/C18H23N3.ClH/c1-3-7-14(8-4-1)15-13-16-18(20-15)17(9-10-19-16)21-11-5-2-6-12-21;/h7,9-10,13,20H,1-6,8,11-12H2;1H. The van der Waals surface area contributed by atoms with E-state index in [1.165, 1.54) is 80.5 Å². The van der Waals surface area contributed by atoms with Crippen molar-refractivity contribution in [1.82, 2.24) is 9.97 Å². The molecule has 4 rings (SSSR count). The van der Waals surface area contributed by atoms with Gasteiger partial charge < -0.3 is 9.88 Å². The minimum Gasteiger partial charge on any atom is -0.370 e. The second kappa shape index (κ2) is 6.74. The smallest absolute Gasteiger partial charge is 0.0906 e. The maximum absolute atomic E-state index is 4.57. The van der Waals surface area contributed by atoms with Crippen LogP contribution in [0, 0.1) is 0 Å². The molecule has 1 saturated heterocycles. The van der Waals surface area contributed by atoms with E-state index in [9.17, 15) is 0 Å². The third-order valence-electron chi connectivity index (χ3n) is 4.83. The molecule has 4 heteroatoms. The molecule has 0 amide bonds. The lowest BCUT2D eigenvalue weighted by molar-refractivity contribution is 0.578. The second-order valence-corrected chi connectivity index (χ2v) is 6.30. The van der Waals surface area contributed by atoms with Crippen molar-refractivity contribution in [2.45, 2.75) is 44.9 Å². The highest BCUT2D eigenvalue weighted by Gasteiger charge is 2.16. The number of hydrogen-bond acceptors (Lipinski definition) is 2. The number of nitrogens with one attached hydrogen (secondary N) is 1. The van der Waals surface area contributed by atoms with Crippen LogP contribution in [0.3, 0.4) is 0 Å². The van der Waals surface area contributed by atoms with E-state index in [-0.39, 0.29) is 12.4 Å². The minimum atomic E-state index is 0. The summed E-state index contributed by atoms with van der Waals surface area (Å²) in [5.74, 6) is 0. The molecule has 0 spiro atoms. The Kier molecular flexibility index (Phi) is 4.72. The molecular formula is C18H24ClN3. The van der Waals surface area contributed by atoms with Crippen molar-refractivity contribution in [2.24, 2.45) is 0 Å². The number of hydrogen-bond donors (Lipinski definition) is 1. The first-order valence-corrected chi connectivity index (χ1v) is 8.34. The fourth-order valence-corrected chi connectivity index (χ4v) is 3.67. The highest BCUT2D eigenvalue weighted by Crippen LogP contribution is 2.32. The summed E-state index contributed by atoms with van der Waals surface area (Å²) in [6.07, 6.45) is 13.4. The van der Waals surface area contributed by atoms with Crippen molar-refractivity contribution in [3.05, 3.63) is 30.1 Å². The summed E-state index contributed by atoms with van der Waals surface area (Å²) in [6.45, 7) is 2.35. The largest absolute Gasteiger partial charge is 0.370 e. The molecule has 2 aromatic heterocycles. The van der Waals surface area contributed by atoms with Gasteiger partial charge in [-0.05, 0) is 62.7 Å². The molecular weight excluding hydrogens is 294 g/mol. The number of piperidine rings is 1. The van der Waals surface area contributed by atoms with Crippen LogP contribution in [0.4, 0.5) is 5.69 Å². The fraction of sp³-hybridized carbons (Fsp3) is 0.500. The van der Waals surface area contributed by atoms with Gasteiger partial charge in [0.2, 0.25) is 0 Å². The molecule has 0 radical (unpaired) electrons. The molecule has 0 aromatic carbocycles. The van der Waals surface area contributed by atoms with Gasteiger partial charge in [-0.1, -0.05) is 6.08 Å². The van der Waals surface area contributed by atoms with E-state index in [4.69, 9.17) is 0 Å². The predicted octanol–water partition coefficient (Wildman–Crippen LogP) is 4.93. The molecule has 118 valence electrons. The summed E-state index contributed by atoms with van der Waals surface area (Å²) in [5.41, 5.74) is 6.42. The average Bonchev–Trinajstić information content (AvgIpc) is 3.00. The van der Waals surface area contributed by atoms with Gasteiger partial charge in [0, 0.05) is 25.0 Å². The number of pyridine rings is 1. The van der Waals surface area contributed by atoms with E-state index in [1.54, 1.807) is 0 Å². The Morgan fingerprint density at radius 1 is 1.05 bits per heavy atom. The lowest BCUT2D eigenvalue weighted by Crippen LogP contribution is -2.29. The van der Waals surface area contributed by atoms with Crippen molar-refractivity contribution >= 4 is 34.7 Å². The first kappa shape index (κ1) is 15.4. The van der Waals surface area contributed by atoms with Crippen molar-refractivity contribution in [1.29, 1.82) is 0 Å². The van der Waals surface area contributed by atoms with Gasteiger partial charge in [-0.3, -0.25) is 4.98 Å². The van der Waals surface area contributed by atoms with Gasteiger partial charge in [-0.15, -0.1) is 12.4 Å². The number of H-pyrrole nitrogens is 1. The van der Waals surface area contributed by atoms with E-state index in [0.717, 1.165) is 5.52 Å². The molecule has 0 unspecified atom stereocenters. The number of anilines is 1. The van der Waals surface area contributed by atoms with Crippen LogP contribution in [0.15, 0.2) is 24.4 Å². The quantitative estimate of drug-likeness (QED) is 0.851. The third kappa shape index (κ3) is 2.87. The van der Waals surface area contributed by atoms with Crippen molar-refractivity contribution in [2.75, 3.05) is 18.0 Å². The number of rotatable bonds is 2. The van der Waals surface area contributed by atoms with Gasteiger partial charge in [0.15, 0.2) is 0 Å². The summed E-state index contributed by atoms with van der Waals surface area (Å²) in [7, 11) is 0. The van der Waals surface area contributed by atoms with Gasteiger partial charge in [0.1, 0.15) is 0 Å². The number of aromatic amines is 1. The van der Waals surface area contributed by atoms with E-state index in [0.29, 0.717) is 0 Å². The Bertz CT molecular complexity index is 668. The van der Waals surface area contributed by atoms with Crippen molar-refractivity contribution < 1.29 is 0 Å². The second-order valence-electron chi connectivity index (χ2n) is 6.30. The molecule has 0 bridgehead atoms. The average molecular weight is 318 g/mol. The van der Waals surface area contributed by atoms with Crippen LogP contribution in [0.1, 0.15) is 50.6 Å². The Labute approximate surface area is 138 Å². The van der Waals surface area contributed by atoms with Gasteiger partial charge in [-0.25, -0.2) is 0 Å². The lowest BCUT2D eigenvalue weighted by atomic mass is 9.97. The van der Waals surface area contributed by atoms with Crippen molar-refractivity contribution in [3.8, 4) is 0 Å². The number of allylic oxidation sites excluding steroid dienone is 2. The van der Waals surface area contributed by atoms with Crippen LogP contribution < -0.4 is 4.90 Å². The van der Waals surface area contributed by atoms with E-state index in [1.807, 2.05) is 6.20 Å². The highest BCUT2D eigenvalue weighted by atomic mass is 35.5. The molecule has 3 nitrogen and oxygen atoms in total. The topological polar surface area (TPSA) is 31.9 Å². The first-order chi connectivity index (χ1) is 10.4. The fourth-order valence-electron chi connectivity index (χ4n) is 3.67. The molecule has 0 saturated carbocycles. The van der Waals surface area contributed by atoms with E-state index < -0.39 is 0 Å². The Balaban J connectivity index is 0.00000144. The Hall–Kier alpha value is -1.48. The molecule has 1 N–H and O–H groups in total. The third-order valence-corrected chi connectivity index (χ3v) is 4.83. The van der Waals surface area contributed by atoms with Gasteiger partial charge in [-0.2, -0.15) is 0 Å². The lowest BCUT2D eigenvalue weighted by Gasteiger charge is -2.29. The van der Waals surface area contributed by atoms with Gasteiger partial charge in [0.05, 0.1) is 16.7 Å². The predicted molar refractivity (Wildman–Crippen MR) is 95.9 cm³/mol. The van der Waals surface area contributed by atoms with E-state index in [2.05, 4.69) is 33.1 Å². The normalized spacial score (nSPS) is 18.9. The molecule has 1 aliphatic carbocycles. The summed E-state index contributed by atoms with van der Waals surface area (Å²) in [5, 5.41) is 0. The Morgan fingerprint density at radius 2 is 1.91 bits per heavy atom. The zero-order valence-corrected chi connectivity index (χ0v) is 13.8. The van der Waals surface area contributed by atoms with Crippen LogP contribution in [-0.4, -0.2) is 23.1 Å². The Morgan fingerprint density at radius 3 is 2.68 bits per heavy atom. The first-order valence-electron chi connectivity index (χ1n) is 8.34. The van der Waals surface area contributed by atoms with Crippen molar-refractivity contribution in [3.63, 3.8) is 0 Å². The van der Waals surface area contributed by atoms with Gasteiger partial charge in [0.25, 0.3) is 0 Å². The zero-order valence-electron chi connectivity index (χ0n) is 13.0. The number of halogens is 1.